The summed E-state index contributed by atoms with van der Waals surface area (Å²) in [7, 11) is 0. The van der Waals surface area contributed by atoms with Crippen LogP contribution >= 0.6 is 15.9 Å². The van der Waals surface area contributed by atoms with Crippen molar-refractivity contribution in [1.29, 1.82) is 0 Å². The van der Waals surface area contributed by atoms with Crippen LogP contribution in [0.2, 0.25) is 0 Å². The van der Waals surface area contributed by atoms with Gasteiger partial charge in [-0.05, 0) is 49.1 Å². The van der Waals surface area contributed by atoms with E-state index >= 15 is 0 Å². The molecule has 0 fully saturated rings. The quantitative estimate of drug-likeness (QED) is 0.734. The second-order valence-electron chi connectivity index (χ2n) is 5.26. The Balaban J connectivity index is 1.64. The molecule has 2 aromatic rings. The van der Waals surface area contributed by atoms with Crippen LogP contribution in [0.5, 0.6) is 0 Å². The molecule has 0 unspecified atom stereocenters. The number of hydrogen-bond donors (Lipinski definition) is 2. The lowest BCUT2D eigenvalue weighted by Gasteiger charge is -2.09. The fourth-order valence-corrected chi connectivity index (χ4v) is 2.41. The molecule has 4 heteroatoms. The number of benzene rings is 2. The lowest BCUT2D eigenvalue weighted by Crippen LogP contribution is -2.30. The molecule has 3 nitrogen and oxygen atoms in total. The Labute approximate surface area is 140 Å². The molecule has 0 heterocycles. The van der Waals surface area contributed by atoms with Crippen LogP contribution in [0.3, 0.4) is 0 Å². The van der Waals surface area contributed by atoms with Crippen molar-refractivity contribution in [2.45, 2.75) is 19.8 Å². The fourth-order valence-electron chi connectivity index (χ4n) is 2.16. The van der Waals surface area contributed by atoms with Gasteiger partial charge in [0.05, 0.1) is 6.54 Å². The molecular weight excluding hydrogens is 340 g/mol. The van der Waals surface area contributed by atoms with Gasteiger partial charge in [0.15, 0.2) is 0 Å². The lowest BCUT2D eigenvalue weighted by atomic mass is 10.1. The third-order valence-electron chi connectivity index (χ3n) is 3.42. The van der Waals surface area contributed by atoms with Crippen molar-refractivity contribution in [3.05, 3.63) is 64.1 Å². The highest BCUT2D eigenvalue weighted by Crippen LogP contribution is 2.19. The number of halogens is 1. The minimum absolute atomic E-state index is 0.0219. The number of anilines is 1. The van der Waals surface area contributed by atoms with Gasteiger partial charge in [-0.2, -0.15) is 0 Å². The highest BCUT2D eigenvalue weighted by atomic mass is 79.9. The Morgan fingerprint density at radius 1 is 1.14 bits per heavy atom. The number of carbonyl (C=O) groups is 1. The number of aryl methyl sites for hydroxylation is 2. The van der Waals surface area contributed by atoms with Crippen LogP contribution in [0.25, 0.3) is 0 Å². The smallest absolute Gasteiger partial charge is 0.239 e. The van der Waals surface area contributed by atoms with Gasteiger partial charge in [-0.3, -0.25) is 4.79 Å². The zero-order valence-corrected chi connectivity index (χ0v) is 14.3. The average Bonchev–Trinajstić information content (AvgIpc) is 2.54. The molecule has 1 amide bonds. The van der Waals surface area contributed by atoms with Crippen molar-refractivity contribution in [2.75, 3.05) is 18.4 Å². The molecule has 0 aliphatic heterocycles. The van der Waals surface area contributed by atoms with Crippen LogP contribution in [-0.4, -0.2) is 19.0 Å². The maximum Gasteiger partial charge on any atom is 0.239 e. The predicted octanol–water partition coefficient (Wildman–Crippen LogP) is 3.92. The Hall–Kier alpha value is -1.81. The first-order chi connectivity index (χ1) is 10.6. The van der Waals surface area contributed by atoms with Crippen molar-refractivity contribution in [2.24, 2.45) is 0 Å². The lowest BCUT2D eigenvalue weighted by molar-refractivity contribution is -0.119. The Kier molecular flexibility index (Phi) is 6.46. The molecule has 0 bridgehead atoms. The molecule has 2 rings (SSSR count). The van der Waals surface area contributed by atoms with Crippen LogP contribution in [0.1, 0.15) is 17.5 Å². The van der Waals surface area contributed by atoms with E-state index in [0.29, 0.717) is 13.1 Å². The Morgan fingerprint density at radius 3 is 2.64 bits per heavy atom. The van der Waals surface area contributed by atoms with E-state index in [1.807, 2.05) is 43.3 Å². The predicted molar refractivity (Wildman–Crippen MR) is 95.1 cm³/mol. The third-order valence-corrected chi connectivity index (χ3v) is 4.31. The molecule has 2 aromatic carbocycles. The molecule has 0 aromatic heterocycles. The molecule has 0 saturated heterocycles. The first-order valence-electron chi connectivity index (χ1n) is 7.46. The molecule has 116 valence electrons. The average molecular weight is 361 g/mol. The molecule has 0 aliphatic rings. The summed E-state index contributed by atoms with van der Waals surface area (Å²) in [6.07, 6.45) is 1.94. The van der Waals surface area contributed by atoms with Gasteiger partial charge in [0, 0.05) is 16.7 Å². The van der Waals surface area contributed by atoms with Crippen LogP contribution in [0, 0.1) is 6.92 Å². The Morgan fingerprint density at radius 2 is 1.91 bits per heavy atom. The molecule has 0 aliphatic carbocycles. The summed E-state index contributed by atoms with van der Waals surface area (Å²) in [5.41, 5.74) is 3.41. The second kappa shape index (κ2) is 8.59. The number of nitrogens with one attached hydrogen (secondary N) is 2. The second-order valence-corrected chi connectivity index (χ2v) is 6.11. The van der Waals surface area contributed by atoms with E-state index in [1.165, 1.54) is 5.56 Å². The van der Waals surface area contributed by atoms with E-state index in [-0.39, 0.29) is 5.91 Å². The van der Waals surface area contributed by atoms with Crippen molar-refractivity contribution in [3.63, 3.8) is 0 Å². The zero-order valence-electron chi connectivity index (χ0n) is 12.7. The van der Waals surface area contributed by atoms with Gasteiger partial charge in [0.2, 0.25) is 5.91 Å². The molecule has 0 radical (unpaired) electrons. The topological polar surface area (TPSA) is 41.1 Å². The van der Waals surface area contributed by atoms with Gasteiger partial charge in [-0.15, -0.1) is 0 Å². The number of amides is 1. The number of hydrogen-bond acceptors (Lipinski definition) is 2. The van der Waals surface area contributed by atoms with E-state index in [4.69, 9.17) is 0 Å². The first kappa shape index (κ1) is 16.6. The molecule has 22 heavy (non-hydrogen) atoms. The summed E-state index contributed by atoms with van der Waals surface area (Å²) in [4.78, 5) is 11.8. The summed E-state index contributed by atoms with van der Waals surface area (Å²) < 4.78 is 1.07. The van der Waals surface area contributed by atoms with E-state index in [1.54, 1.807) is 0 Å². The minimum Gasteiger partial charge on any atom is -0.376 e. The largest absolute Gasteiger partial charge is 0.376 e. The van der Waals surface area contributed by atoms with Crippen LogP contribution < -0.4 is 10.6 Å². The van der Waals surface area contributed by atoms with E-state index in [9.17, 15) is 4.79 Å². The van der Waals surface area contributed by atoms with E-state index in [0.717, 1.165) is 28.6 Å². The summed E-state index contributed by atoms with van der Waals surface area (Å²) in [5, 5.41) is 6.08. The summed E-state index contributed by atoms with van der Waals surface area (Å²) in [5.74, 6) is 0.0219. The fraction of sp³-hybridized carbons (Fsp3) is 0.278. The summed E-state index contributed by atoms with van der Waals surface area (Å²) in [6, 6.07) is 16.3. The van der Waals surface area contributed by atoms with Crippen molar-refractivity contribution in [1.82, 2.24) is 5.32 Å². The SMILES string of the molecule is Cc1cc(NCC(=O)NCCCc2ccccc2)ccc1Br. The summed E-state index contributed by atoms with van der Waals surface area (Å²) in [6.45, 7) is 3.03. The highest BCUT2D eigenvalue weighted by Gasteiger charge is 2.02. The Bertz CT molecular complexity index is 614. The zero-order chi connectivity index (χ0) is 15.8. The van der Waals surface area contributed by atoms with Gasteiger partial charge in [0.1, 0.15) is 0 Å². The third kappa shape index (κ3) is 5.53. The number of carbonyl (C=O) groups excluding carboxylic acids is 1. The number of rotatable bonds is 7. The van der Waals surface area contributed by atoms with Gasteiger partial charge >= 0.3 is 0 Å². The van der Waals surface area contributed by atoms with E-state index in [2.05, 4.69) is 38.7 Å². The van der Waals surface area contributed by atoms with Crippen molar-refractivity contribution in [3.8, 4) is 0 Å². The standard InChI is InChI=1S/C18H21BrN2O/c1-14-12-16(9-10-17(14)19)21-13-18(22)20-11-5-8-15-6-3-2-4-7-15/h2-4,6-7,9-10,12,21H,5,8,11,13H2,1H3,(H,20,22). The first-order valence-corrected chi connectivity index (χ1v) is 8.25. The van der Waals surface area contributed by atoms with E-state index < -0.39 is 0 Å². The molecular formula is C18H21BrN2O. The van der Waals surface area contributed by atoms with Gasteiger partial charge < -0.3 is 10.6 Å². The van der Waals surface area contributed by atoms with Gasteiger partial charge in [-0.1, -0.05) is 46.3 Å². The molecule has 0 spiro atoms. The van der Waals surface area contributed by atoms with Crippen molar-refractivity contribution < 1.29 is 4.79 Å². The maximum absolute atomic E-state index is 11.8. The molecule has 0 atom stereocenters. The molecule has 2 N–H and O–H groups in total. The van der Waals surface area contributed by atoms with Crippen LogP contribution in [0.15, 0.2) is 53.0 Å². The maximum atomic E-state index is 11.8. The van der Waals surface area contributed by atoms with Crippen molar-refractivity contribution >= 4 is 27.5 Å². The van der Waals surface area contributed by atoms with Gasteiger partial charge in [0.25, 0.3) is 0 Å². The monoisotopic (exact) mass is 360 g/mol. The van der Waals surface area contributed by atoms with Gasteiger partial charge in [-0.25, -0.2) is 0 Å². The highest BCUT2D eigenvalue weighted by molar-refractivity contribution is 9.10. The normalized spacial score (nSPS) is 10.3. The molecule has 0 saturated carbocycles. The van der Waals surface area contributed by atoms with Crippen LogP contribution in [-0.2, 0) is 11.2 Å². The summed E-state index contributed by atoms with van der Waals surface area (Å²) >= 11 is 3.46. The van der Waals surface area contributed by atoms with Crippen LogP contribution in [0.4, 0.5) is 5.69 Å². The minimum atomic E-state index is 0.0219.